The quantitative estimate of drug-likeness (QED) is 0.634. The molecule has 1 amide bonds. The third kappa shape index (κ3) is 4.31. The van der Waals surface area contributed by atoms with Crippen molar-refractivity contribution in [1.29, 1.82) is 0 Å². The largest absolute Gasteiger partial charge is 0.497 e. The van der Waals surface area contributed by atoms with Gasteiger partial charge in [-0.1, -0.05) is 18.1 Å². The van der Waals surface area contributed by atoms with Gasteiger partial charge in [-0.3, -0.25) is 4.79 Å². The first kappa shape index (κ1) is 14.4. The van der Waals surface area contributed by atoms with Crippen LogP contribution in [0.4, 0.5) is 0 Å². The van der Waals surface area contributed by atoms with Gasteiger partial charge in [-0.15, -0.1) is 18.0 Å². The predicted molar refractivity (Wildman–Crippen MR) is 72.7 cm³/mol. The Kier molecular flexibility index (Phi) is 6.10. The number of carbonyl (C=O) groups is 1. The van der Waals surface area contributed by atoms with Gasteiger partial charge in [0.25, 0.3) is 0 Å². The van der Waals surface area contributed by atoms with Crippen LogP contribution in [0.15, 0.2) is 24.3 Å². The van der Waals surface area contributed by atoms with Crippen molar-refractivity contribution in [2.24, 2.45) is 0 Å². The number of ether oxygens (including phenoxy) is 1. The summed E-state index contributed by atoms with van der Waals surface area (Å²) in [6.07, 6.45) is 6.46. The fraction of sp³-hybridized carbons (Fsp3) is 0.357. The maximum atomic E-state index is 11.6. The zero-order chi connectivity index (χ0) is 13.4. The highest BCUT2D eigenvalue weighted by Crippen LogP contribution is 2.17. The van der Waals surface area contributed by atoms with Crippen LogP contribution in [0.3, 0.4) is 0 Å². The van der Waals surface area contributed by atoms with Crippen LogP contribution in [0.1, 0.15) is 24.4 Å². The monoisotopic (exact) mass is 265 g/mol. The van der Waals surface area contributed by atoms with Crippen LogP contribution in [-0.4, -0.2) is 18.9 Å². The van der Waals surface area contributed by atoms with Gasteiger partial charge < -0.3 is 10.1 Å². The molecule has 0 aromatic heterocycles. The minimum atomic E-state index is -0.418. The molecule has 96 valence electrons. The molecular formula is C14H16ClNO2. The number of halogens is 1. The molecule has 0 aliphatic rings. The first-order valence-corrected chi connectivity index (χ1v) is 6.20. The summed E-state index contributed by atoms with van der Waals surface area (Å²) in [4.78, 5) is 11.6. The van der Waals surface area contributed by atoms with Gasteiger partial charge in [-0.2, -0.15) is 0 Å². The molecule has 0 radical (unpaired) electrons. The fourth-order valence-electron chi connectivity index (χ4n) is 1.48. The second kappa shape index (κ2) is 7.62. The lowest BCUT2D eigenvalue weighted by atomic mass is 10.1. The number of nitrogens with one attached hydrogen (secondary N) is 1. The van der Waals surface area contributed by atoms with Gasteiger partial charge in [0.15, 0.2) is 0 Å². The maximum Gasteiger partial charge on any atom is 0.221 e. The van der Waals surface area contributed by atoms with Crippen molar-refractivity contribution >= 4 is 17.5 Å². The average molecular weight is 266 g/mol. The molecular weight excluding hydrogens is 250 g/mol. The van der Waals surface area contributed by atoms with Crippen LogP contribution >= 0.6 is 11.6 Å². The highest BCUT2D eigenvalue weighted by Gasteiger charge is 2.11. The van der Waals surface area contributed by atoms with E-state index in [-0.39, 0.29) is 5.91 Å². The summed E-state index contributed by atoms with van der Waals surface area (Å²) in [7, 11) is 1.60. The number of rotatable bonds is 6. The van der Waals surface area contributed by atoms with E-state index in [1.165, 1.54) is 0 Å². The van der Waals surface area contributed by atoms with Crippen LogP contribution in [0.5, 0.6) is 5.75 Å². The van der Waals surface area contributed by atoms with Gasteiger partial charge >= 0.3 is 0 Å². The Morgan fingerprint density at radius 1 is 1.50 bits per heavy atom. The topological polar surface area (TPSA) is 38.3 Å². The normalized spacial score (nSPS) is 11.4. The summed E-state index contributed by atoms with van der Waals surface area (Å²) < 4.78 is 5.06. The molecule has 0 spiro atoms. The van der Waals surface area contributed by atoms with E-state index in [0.29, 0.717) is 18.7 Å². The van der Waals surface area contributed by atoms with Crippen molar-refractivity contribution in [3.05, 3.63) is 29.8 Å². The molecule has 1 rings (SSSR count). The van der Waals surface area contributed by atoms with Crippen LogP contribution < -0.4 is 10.1 Å². The van der Waals surface area contributed by atoms with Crippen molar-refractivity contribution < 1.29 is 9.53 Å². The zero-order valence-electron chi connectivity index (χ0n) is 10.3. The second-order valence-corrected chi connectivity index (χ2v) is 4.11. The molecule has 0 aliphatic heterocycles. The van der Waals surface area contributed by atoms with Gasteiger partial charge in [0.1, 0.15) is 11.8 Å². The standard InChI is InChI=1S/C14H16ClNO2/c1-3-13(16-14(17)5-4-10-15)11-6-8-12(18-2)9-7-11/h1,6-9,13H,4-5,10H2,2H3,(H,16,17)/t13-/m0/s1. The lowest BCUT2D eigenvalue weighted by molar-refractivity contribution is -0.121. The number of terminal acetylenes is 1. The van der Waals surface area contributed by atoms with Crippen LogP contribution in [0.2, 0.25) is 0 Å². The molecule has 0 unspecified atom stereocenters. The minimum Gasteiger partial charge on any atom is -0.497 e. The third-order valence-electron chi connectivity index (χ3n) is 2.46. The number of amides is 1. The average Bonchev–Trinajstić information content (AvgIpc) is 2.42. The summed E-state index contributed by atoms with van der Waals surface area (Å²) in [6, 6.07) is 6.88. The Morgan fingerprint density at radius 3 is 2.67 bits per heavy atom. The third-order valence-corrected chi connectivity index (χ3v) is 2.73. The molecule has 0 aliphatic carbocycles. The Hall–Kier alpha value is -1.66. The van der Waals surface area contributed by atoms with Crippen molar-refractivity contribution in [1.82, 2.24) is 5.32 Å². The lowest BCUT2D eigenvalue weighted by Gasteiger charge is -2.13. The molecule has 0 heterocycles. The van der Waals surface area contributed by atoms with Crippen molar-refractivity contribution in [2.45, 2.75) is 18.9 Å². The molecule has 0 saturated heterocycles. The molecule has 18 heavy (non-hydrogen) atoms. The number of alkyl halides is 1. The number of carbonyl (C=O) groups excluding carboxylic acids is 1. The molecule has 0 saturated carbocycles. The van der Waals surface area contributed by atoms with Gasteiger partial charge in [0.2, 0.25) is 5.91 Å². The maximum absolute atomic E-state index is 11.6. The van der Waals surface area contributed by atoms with Crippen LogP contribution in [0.25, 0.3) is 0 Å². The summed E-state index contributed by atoms with van der Waals surface area (Å²) in [5.41, 5.74) is 0.859. The van der Waals surface area contributed by atoms with Crippen LogP contribution in [0, 0.1) is 12.3 Å². The van der Waals surface area contributed by atoms with E-state index >= 15 is 0 Å². The van der Waals surface area contributed by atoms with E-state index in [4.69, 9.17) is 22.8 Å². The Bertz CT molecular complexity index is 422. The highest BCUT2D eigenvalue weighted by atomic mass is 35.5. The SMILES string of the molecule is C#C[C@H](NC(=O)CCCCl)c1ccc(OC)cc1. The van der Waals surface area contributed by atoms with Gasteiger partial charge in [-0.05, 0) is 24.1 Å². The smallest absolute Gasteiger partial charge is 0.221 e. The molecule has 1 aromatic rings. The van der Waals surface area contributed by atoms with Gasteiger partial charge in [-0.25, -0.2) is 0 Å². The lowest BCUT2D eigenvalue weighted by Crippen LogP contribution is -2.27. The molecule has 1 aromatic carbocycles. The summed E-state index contributed by atoms with van der Waals surface area (Å²) >= 11 is 5.53. The zero-order valence-corrected chi connectivity index (χ0v) is 11.0. The van der Waals surface area contributed by atoms with E-state index in [1.807, 2.05) is 24.3 Å². The Balaban J connectivity index is 2.65. The van der Waals surface area contributed by atoms with E-state index < -0.39 is 6.04 Å². The first-order chi connectivity index (χ1) is 8.71. The number of hydrogen-bond acceptors (Lipinski definition) is 2. The van der Waals surface area contributed by atoms with Crippen molar-refractivity contribution in [2.75, 3.05) is 13.0 Å². The molecule has 0 bridgehead atoms. The van der Waals surface area contributed by atoms with E-state index in [2.05, 4.69) is 11.2 Å². The fourth-order valence-corrected chi connectivity index (χ4v) is 1.61. The van der Waals surface area contributed by atoms with Gasteiger partial charge in [0, 0.05) is 12.3 Å². The molecule has 3 nitrogen and oxygen atoms in total. The van der Waals surface area contributed by atoms with E-state index in [9.17, 15) is 4.79 Å². The first-order valence-electron chi connectivity index (χ1n) is 5.66. The number of hydrogen-bond donors (Lipinski definition) is 1. The number of benzene rings is 1. The molecule has 0 fully saturated rings. The second-order valence-electron chi connectivity index (χ2n) is 3.73. The molecule has 1 atom stereocenters. The Labute approximate surface area is 112 Å². The molecule has 1 N–H and O–H groups in total. The van der Waals surface area contributed by atoms with E-state index in [0.717, 1.165) is 11.3 Å². The minimum absolute atomic E-state index is 0.0885. The van der Waals surface area contributed by atoms with Gasteiger partial charge in [0.05, 0.1) is 7.11 Å². The summed E-state index contributed by atoms with van der Waals surface area (Å²) in [6.45, 7) is 0. The number of methoxy groups -OCH3 is 1. The van der Waals surface area contributed by atoms with E-state index in [1.54, 1.807) is 7.11 Å². The highest BCUT2D eigenvalue weighted by molar-refractivity contribution is 6.17. The van der Waals surface area contributed by atoms with Crippen molar-refractivity contribution in [3.63, 3.8) is 0 Å². The van der Waals surface area contributed by atoms with Crippen molar-refractivity contribution in [3.8, 4) is 18.1 Å². The Morgan fingerprint density at radius 2 is 2.17 bits per heavy atom. The summed E-state index contributed by atoms with van der Waals surface area (Å²) in [5.74, 6) is 3.69. The van der Waals surface area contributed by atoms with Crippen LogP contribution in [-0.2, 0) is 4.79 Å². The molecule has 4 heteroatoms. The summed E-state index contributed by atoms with van der Waals surface area (Å²) in [5, 5.41) is 2.78. The predicted octanol–water partition coefficient (Wildman–Crippen LogP) is 2.50.